The Labute approximate surface area is 281 Å². The number of carboxylic acid groups (broad SMARTS) is 2. The van der Waals surface area contributed by atoms with Crippen LogP contribution in [0.1, 0.15) is 31.8 Å². The zero-order chi connectivity index (χ0) is 32.7. The van der Waals surface area contributed by atoms with Gasteiger partial charge in [0.2, 0.25) is 11.8 Å². The number of aromatic carboxylic acids is 2. The maximum Gasteiger partial charge on any atom is 0.335 e. The van der Waals surface area contributed by atoms with Gasteiger partial charge in [0.25, 0.3) is 0 Å². The van der Waals surface area contributed by atoms with E-state index in [1.54, 1.807) is 24.3 Å². The lowest BCUT2D eigenvalue weighted by Gasteiger charge is -2.11. The van der Waals surface area contributed by atoms with Gasteiger partial charge in [0.05, 0.1) is 31.2 Å². The number of amides is 2. The number of benzene rings is 4. The highest BCUT2D eigenvalue weighted by Gasteiger charge is 2.15. The Bertz CT molecular complexity index is 1720. The summed E-state index contributed by atoms with van der Waals surface area (Å²) in [5.41, 5.74) is 2.03. The van der Waals surface area contributed by atoms with Crippen LogP contribution in [0.3, 0.4) is 0 Å². The van der Waals surface area contributed by atoms with Crippen molar-refractivity contribution in [2.24, 2.45) is 0 Å². The van der Waals surface area contributed by atoms with E-state index >= 15 is 0 Å². The predicted octanol–water partition coefficient (Wildman–Crippen LogP) is 9.15. The summed E-state index contributed by atoms with van der Waals surface area (Å²) in [5.74, 6) is -3.04. The first-order valence-corrected chi connectivity index (χ1v) is 15.0. The largest absolute Gasteiger partial charge is 0.478 e. The van der Waals surface area contributed by atoms with E-state index in [1.807, 2.05) is 0 Å². The van der Waals surface area contributed by atoms with Crippen LogP contribution in [-0.2, 0) is 9.59 Å². The minimum atomic E-state index is -1.07. The number of anilines is 2. The molecule has 0 bridgehead atoms. The van der Waals surface area contributed by atoms with E-state index in [2.05, 4.69) is 10.6 Å². The number of hydrogen-bond acceptors (Lipinski definition) is 5. The van der Waals surface area contributed by atoms with Crippen molar-refractivity contribution >= 4 is 105 Å². The summed E-state index contributed by atoms with van der Waals surface area (Å²) in [7, 11) is 0. The van der Waals surface area contributed by atoms with Gasteiger partial charge in [-0.3, -0.25) is 9.59 Å². The molecule has 8 nitrogen and oxygen atoms in total. The molecule has 0 spiro atoms. The first kappa shape index (κ1) is 33.6. The minimum Gasteiger partial charge on any atom is -0.478 e. The molecule has 0 fully saturated rings. The van der Waals surface area contributed by atoms with E-state index < -0.39 is 23.8 Å². The highest BCUT2D eigenvalue weighted by Crippen LogP contribution is 2.44. The number of hydrogen-bond donors (Lipinski definition) is 4. The maximum absolute atomic E-state index is 12.3. The average molecular weight is 702 g/mol. The molecule has 2 amide bonds. The van der Waals surface area contributed by atoms with Crippen molar-refractivity contribution in [1.82, 2.24) is 0 Å². The lowest BCUT2D eigenvalue weighted by Crippen LogP contribution is -2.08. The molecule has 13 heteroatoms. The van der Waals surface area contributed by atoms with E-state index in [9.17, 15) is 19.2 Å². The van der Waals surface area contributed by atoms with Gasteiger partial charge in [0.1, 0.15) is 0 Å². The van der Waals surface area contributed by atoms with Gasteiger partial charge in [0, 0.05) is 33.3 Å². The van der Waals surface area contributed by atoms with Crippen LogP contribution in [0.4, 0.5) is 11.4 Å². The quantitative estimate of drug-likeness (QED) is 0.121. The second-order valence-corrected chi connectivity index (χ2v) is 11.7. The zero-order valence-corrected chi connectivity index (χ0v) is 26.5. The molecule has 4 rings (SSSR count). The number of rotatable bonds is 10. The molecule has 0 aromatic heterocycles. The van der Waals surface area contributed by atoms with Crippen molar-refractivity contribution in [3.63, 3.8) is 0 Å². The Morgan fingerprint density at radius 1 is 0.533 bits per heavy atom. The Hall–Kier alpha value is -4.25. The molecule has 0 aliphatic heterocycles. The second kappa shape index (κ2) is 15.2. The highest BCUT2D eigenvalue weighted by atomic mass is 35.5. The first-order valence-electron chi connectivity index (χ1n) is 12.7. The Balaban J connectivity index is 1.40. The molecule has 4 aromatic carbocycles. The first-order chi connectivity index (χ1) is 21.4. The third-order valence-corrected chi connectivity index (χ3v) is 9.14. The van der Waals surface area contributed by atoms with Crippen LogP contribution in [0.15, 0.2) is 94.7 Å². The van der Waals surface area contributed by atoms with Crippen molar-refractivity contribution in [3.8, 4) is 0 Å². The van der Waals surface area contributed by atoms with Gasteiger partial charge in [-0.2, -0.15) is 0 Å². The molecule has 228 valence electrons. The van der Waals surface area contributed by atoms with Crippen molar-refractivity contribution in [3.05, 3.63) is 127 Å². The van der Waals surface area contributed by atoms with Crippen molar-refractivity contribution in [2.45, 2.75) is 9.79 Å². The topological polar surface area (TPSA) is 133 Å². The monoisotopic (exact) mass is 700 g/mol. The summed E-state index contributed by atoms with van der Waals surface area (Å²) < 4.78 is 0. The van der Waals surface area contributed by atoms with Crippen molar-refractivity contribution in [1.29, 1.82) is 0 Å². The fourth-order valence-electron chi connectivity index (χ4n) is 3.72. The summed E-state index contributed by atoms with van der Waals surface area (Å²) in [6.45, 7) is 0. The summed E-state index contributed by atoms with van der Waals surface area (Å²) in [4.78, 5) is 47.8. The van der Waals surface area contributed by atoms with E-state index in [4.69, 9.17) is 56.6 Å². The van der Waals surface area contributed by atoms with E-state index in [-0.39, 0.29) is 31.2 Å². The molecule has 0 unspecified atom stereocenters. The van der Waals surface area contributed by atoms with Crippen LogP contribution in [0.5, 0.6) is 0 Å². The van der Waals surface area contributed by atoms with Crippen LogP contribution in [0.25, 0.3) is 12.2 Å². The second-order valence-electron chi connectivity index (χ2n) is 9.07. The van der Waals surface area contributed by atoms with E-state index in [0.717, 1.165) is 0 Å². The van der Waals surface area contributed by atoms with Crippen LogP contribution in [0.2, 0.25) is 20.1 Å². The molecule has 0 aliphatic rings. The SMILES string of the molecule is O=C(/C=C/c1ccc(Sc2ccc(/C=C/C(=O)Nc3ccc(C(=O)O)cc3)c(Cl)c2Cl)c(Cl)c1Cl)Nc1ccc(C(=O)O)cc1. The third kappa shape index (κ3) is 8.91. The predicted molar refractivity (Wildman–Crippen MR) is 179 cm³/mol. The normalized spacial score (nSPS) is 11.1. The number of nitrogens with one attached hydrogen (secondary N) is 2. The number of carbonyl (C=O) groups is 4. The lowest BCUT2D eigenvalue weighted by atomic mass is 10.2. The van der Waals surface area contributed by atoms with Crippen LogP contribution >= 0.6 is 58.2 Å². The summed E-state index contributed by atoms with van der Waals surface area (Å²) in [6.07, 6.45) is 5.53. The van der Waals surface area contributed by atoms with Gasteiger partial charge in [-0.15, -0.1) is 0 Å². The van der Waals surface area contributed by atoms with Gasteiger partial charge in [-0.25, -0.2) is 9.59 Å². The molecule has 4 aromatic rings. The molecule has 0 saturated heterocycles. The van der Waals surface area contributed by atoms with E-state index in [1.165, 1.54) is 84.6 Å². The van der Waals surface area contributed by atoms with Crippen LogP contribution in [0, 0.1) is 0 Å². The minimum absolute atomic E-state index is 0.101. The summed E-state index contributed by atoms with van der Waals surface area (Å²) >= 11 is 27.3. The summed E-state index contributed by atoms with van der Waals surface area (Å²) in [6, 6.07) is 18.2. The van der Waals surface area contributed by atoms with Gasteiger partial charge in [-0.05, 0) is 83.9 Å². The molecule has 0 radical (unpaired) electrons. The molecule has 0 aliphatic carbocycles. The fraction of sp³-hybridized carbons (Fsp3) is 0. The molecule has 0 saturated carbocycles. The number of carboxylic acids is 2. The molecule has 4 N–H and O–H groups in total. The lowest BCUT2D eigenvalue weighted by molar-refractivity contribution is -0.112. The Morgan fingerprint density at radius 3 is 1.22 bits per heavy atom. The van der Waals surface area contributed by atoms with Gasteiger partial charge in [0.15, 0.2) is 0 Å². The standard InChI is InChI=1S/C32H20Cl4N2O6S/c33-27-17(7-15-25(39)37-21-9-1-19(2-10-21)31(41)42)5-13-23(29(27)35)45-24-14-6-18(28(34)30(24)36)8-16-26(40)38-22-11-3-20(4-12-22)32(43)44/h1-16H,(H,37,39)(H,38,40)(H,41,42)(H,43,44)/b15-7+,16-8+. The number of halogens is 4. The molecular weight excluding hydrogens is 682 g/mol. The maximum atomic E-state index is 12.3. The van der Waals surface area contributed by atoms with Crippen molar-refractivity contribution < 1.29 is 29.4 Å². The molecule has 0 heterocycles. The Morgan fingerprint density at radius 2 is 0.889 bits per heavy atom. The zero-order valence-electron chi connectivity index (χ0n) is 22.7. The smallest absolute Gasteiger partial charge is 0.335 e. The van der Waals surface area contributed by atoms with Gasteiger partial charge in [-0.1, -0.05) is 70.3 Å². The molecular formula is C32H20Cl4N2O6S. The summed E-state index contributed by atoms with van der Waals surface area (Å²) in [5, 5.41) is 24.1. The van der Waals surface area contributed by atoms with Crippen LogP contribution in [-0.4, -0.2) is 34.0 Å². The average Bonchev–Trinajstić information content (AvgIpc) is 3.01. The third-order valence-electron chi connectivity index (χ3n) is 6.00. The van der Waals surface area contributed by atoms with E-state index in [0.29, 0.717) is 32.3 Å². The van der Waals surface area contributed by atoms with Gasteiger partial charge >= 0.3 is 11.9 Å². The van der Waals surface area contributed by atoms with Crippen LogP contribution < -0.4 is 10.6 Å². The Kier molecular flexibility index (Phi) is 11.3. The van der Waals surface area contributed by atoms with Gasteiger partial charge < -0.3 is 20.8 Å². The fourth-order valence-corrected chi connectivity index (χ4v) is 5.75. The molecule has 0 atom stereocenters. The molecule has 45 heavy (non-hydrogen) atoms. The highest BCUT2D eigenvalue weighted by molar-refractivity contribution is 7.99. The number of carbonyl (C=O) groups excluding carboxylic acids is 2. The van der Waals surface area contributed by atoms with Crippen molar-refractivity contribution in [2.75, 3.05) is 10.6 Å².